The van der Waals surface area contributed by atoms with Crippen LogP contribution in [0.2, 0.25) is 0 Å². The third-order valence-electron chi connectivity index (χ3n) is 9.77. The molecule has 8 bridgehead atoms. The van der Waals surface area contributed by atoms with Gasteiger partial charge in [0, 0.05) is 0 Å². The predicted octanol–water partition coefficient (Wildman–Crippen LogP) is 10.8. The Morgan fingerprint density at radius 1 is 0.350 bits per heavy atom. The van der Waals surface area contributed by atoms with E-state index in [-0.39, 0.29) is 21.7 Å². The van der Waals surface area contributed by atoms with Gasteiger partial charge in [-0.1, -0.05) is 53.4 Å². The van der Waals surface area contributed by atoms with Crippen LogP contribution in [-0.4, -0.2) is 0 Å². The lowest BCUT2D eigenvalue weighted by Gasteiger charge is -2.30. The van der Waals surface area contributed by atoms with E-state index in [0.717, 1.165) is 97.4 Å². The van der Waals surface area contributed by atoms with E-state index in [0.29, 0.717) is 0 Å². The third-order valence-corrected chi connectivity index (χ3v) is 9.77. The Morgan fingerprint density at radius 3 is 0.625 bits per heavy atom. The molecule has 0 fully saturated rings. The first-order valence-electron chi connectivity index (χ1n) is 15.5. The number of fused-ring (bicyclic) bond motifs is 8. The molecule has 4 aromatic rings. The smallest absolute Gasteiger partial charge is 0.117 e. The van der Waals surface area contributed by atoms with E-state index < -0.39 is 0 Å². The van der Waals surface area contributed by atoms with Crippen LogP contribution in [0.1, 0.15) is 153 Å². The number of furan rings is 4. The van der Waals surface area contributed by atoms with Crippen LogP contribution < -0.4 is 0 Å². The lowest BCUT2D eigenvalue weighted by Crippen LogP contribution is -2.26. The molecule has 216 valence electrons. The van der Waals surface area contributed by atoms with Crippen molar-refractivity contribution < 1.29 is 17.7 Å². The van der Waals surface area contributed by atoms with Crippen molar-refractivity contribution in [1.29, 1.82) is 0 Å². The van der Waals surface area contributed by atoms with Crippen LogP contribution >= 0.6 is 0 Å². The summed E-state index contributed by atoms with van der Waals surface area (Å²) >= 11 is 0. The minimum Gasteiger partial charge on any atom is -0.464 e. The number of hydrogen-bond donors (Lipinski definition) is 0. The lowest BCUT2D eigenvalue weighted by molar-refractivity contribution is 0.238. The van der Waals surface area contributed by atoms with Crippen molar-refractivity contribution >= 4 is 0 Å². The first-order chi connectivity index (χ1) is 19.1. The fraction of sp³-hybridized carbons (Fsp3) is 0.556. The van der Waals surface area contributed by atoms with E-state index in [2.05, 4.69) is 104 Å². The Hall–Kier alpha value is -2.88. The second-order valence-corrected chi connectivity index (χ2v) is 13.0. The van der Waals surface area contributed by atoms with Gasteiger partial charge in [0.25, 0.3) is 0 Å². The minimum atomic E-state index is -0.384. The predicted molar refractivity (Wildman–Crippen MR) is 160 cm³/mol. The number of hydrogen-bond acceptors (Lipinski definition) is 4. The molecule has 0 saturated heterocycles. The highest BCUT2D eigenvalue weighted by Gasteiger charge is 2.44. The van der Waals surface area contributed by atoms with Gasteiger partial charge in [-0.15, -0.1) is 0 Å². The van der Waals surface area contributed by atoms with E-state index >= 15 is 0 Å². The molecule has 0 N–H and O–H groups in total. The van der Waals surface area contributed by atoms with E-state index in [1.807, 2.05) is 0 Å². The Kier molecular flexibility index (Phi) is 7.52. The molecule has 4 nitrogen and oxygen atoms in total. The second kappa shape index (κ2) is 10.5. The second-order valence-electron chi connectivity index (χ2n) is 13.0. The Morgan fingerprint density at radius 2 is 0.500 bits per heavy atom. The summed E-state index contributed by atoms with van der Waals surface area (Å²) in [7, 11) is 0. The molecule has 1 aliphatic rings. The SMILES string of the molecule is CCCC1(C)c2ccc(o2)C(C)(CCC)c2ccc(o2)C(C)(CCC)c2ccc(o2)C(C)(CCC)c2ccc1o2. The highest BCUT2D eigenvalue weighted by molar-refractivity contribution is 5.39. The summed E-state index contributed by atoms with van der Waals surface area (Å²) in [4.78, 5) is 0. The van der Waals surface area contributed by atoms with Crippen molar-refractivity contribution in [3.63, 3.8) is 0 Å². The highest BCUT2D eigenvalue weighted by atomic mass is 16.4. The average molecular weight is 545 g/mol. The quantitative estimate of drug-likeness (QED) is 0.221. The van der Waals surface area contributed by atoms with Crippen molar-refractivity contribution in [2.24, 2.45) is 0 Å². The van der Waals surface area contributed by atoms with Gasteiger partial charge in [-0.25, -0.2) is 0 Å². The lowest BCUT2D eigenvalue weighted by atomic mass is 9.80. The molecule has 0 radical (unpaired) electrons. The average Bonchev–Trinajstić information content (AvgIpc) is 3.75. The zero-order chi connectivity index (χ0) is 28.8. The van der Waals surface area contributed by atoms with Gasteiger partial charge >= 0.3 is 0 Å². The van der Waals surface area contributed by atoms with Gasteiger partial charge in [0.1, 0.15) is 46.1 Å². The molecule has 0 unspecified atom stereocenters. The normalized spacial score (nSPS) is 28.2. The van der Waals surface area contributed by atoms with Gasteiger partial charge in [-0.2, -0.15) is 0 Å². The van der Waals surface area contributed by atoms with Gasteiger partial charge < -0.3 is 17.7 Å². The van der Waals surface area contributed by atoms with Gasteiger partial charge in [0.05, 0.1) is 21.7 Å². The summed E-state index contributed by atoms with van der Waals surface area (Å²) in [6.45, 7) is 17.9. The van der Waals surface area contributed by atoms with Crippen molar-refractivity contribution in [2.75, 3.05) is 0 Å². The Labute approximate surface area is 240 Å². The molecule has 5 rings (SSSR count). The van der Waals surface area contributed by atoms with Crippen LogP contribution in [0.25, 0.3) is 0 Å². The summed E-state index contributed by atoms with van der Waals surface area (Å²) < 4.78 is 27.4. The summed E-state index contributed by atoms with van der Waals surface area (Å²) in [5.41, 5.74) is -1.54. The Bertz CT molecular complexity index is 1130. The highest BCUT2D eigenvalue weighted by Crippen LogP contribution is 2.48. The molecule has 0 aliphatic carbocycles. The molecule has 0 saturated carbocycles. The molecule has 5 heterocycles. The van der Waals surface area contributed by atoms with Gasteiger partial charge in [0.2, 0.25) is 0 Å². The van der Waals surface area contributed by atoms with Crippen LogP contribution in [-0.2, 0) is 21.7 Å². The molecule has 40 heavy (non-hydrogen) atoms. The molecule has 4 heteroatoms. The van der Waals surface area contributed by atoms with Crippen LogP contribution in [0.4, 0.5) is 0 Å². The maximum absolute atomic E-state index is 6.84. The van der Waals surface area contributed by atoms with Crippen molar-refractivity contribution in [3.8, 4) is 0 Å². The van der Waals surface area contributed by atoms with Crippen LogP contribution in [0.5, 0.6) is 0 Å². The zero-order valence-electron chi connectivity index (χ0n) is 25.9. The van der Waals surface area contributed by atoms with Gasteiger partial charge in [-0.3, -0.25) is 0 Å². The molecule has 4 aromatic heterocycles. The van der Waals surface area contributed by atoms with Crippen molar-refractivity contribution in [1.82, 2.24) is 0 Å². The molecule has 0 amide bonds. The van der Waals surface area contributed by atoms with E-state index in [1.165, 1.54) is 0 Å². The van der Waals surface area contributed by atoms with Crippen molar-refractivity contribution in [3.05, 3.63) is 94.6 Å². The van der Waals surface area contributed by atoms with E-state index in [9.17, 15) is 0 Å². The van der Waals surface area contributed by atoms with Crippen LogP contribution in [0.3, 0.4) is 0 Å². The molecule has 0 spiro atoms. The first-order valence-corrected chi connectivity index (χ1v) is 15.5. The maximum atomic E-state index is 6.84. The number of rotatable bonds is 8. The standard InChI is InChI=1S/C36H48O4/c1-9-21-33(5)25-13-15-27(37-25)34(6,22-10-2)29-17-19-31(39-29)36(8,24-12-4)32-20-18-30(40-32)35(7,23-11-3)28-16-14-26(33)38-28/h13-20H,9-12,21-24H2,1-8H3. The summed E-state index contributed by atoms with van der Waals surface area (Å²) in [6, 6.07) is 17.3. The maximum Gasteiger partial charge on any atom is 0.117 e. The third kappa shape index (κ3) is 4.33. The summed E-state index contributed by atoms with van der Waals surface area (Å²) in [6.07, 6.45) is 7.75. The summed E-state index contributed by atoms with van der Waals surface area (Å²) in [5, 5.41) is 0. The minimum absolute atomic E-state index is 0.384. The first kappa shape index (κ1) is 28.6. The fourth-order valence-electron chi connectivity index (χ4n) is 7.20. The van der Waals surface area contributed by atoms with Crippen LogP contribution in [0.15, 0.2) is 66.2 Å². The van der Waals surface area contributed by atoms with Gasteiger partial charge in [0.15, 0.2) is 0 Å². The summed E-state index contributed by atoms with van der Waals surface area (Å²) in [5.74, 6) is 7.55. The molecular formula is C36H48O4. The van der Waals surface area contributed by atoms with E-state index in [4.69, 9.17) is 17.7 Å². The van der Waals surface area contributed by atoms with Crippen molar-refractivity contribution in [2.45, 2.75) is 128 Å². The Balaban J connectivity index is 1.80. The molecule has 0 atom stereocenters. The molecule has 0 aromatic carbocycles. The monoisotopic (exact) mass is 544 g/mol. The molecular weight excluding hydrogens is 496 g/mol. The molecule has 1 aliphatic heterocycles. The largest absolute Gasteiger partial charge is 0.464 e. The van der Waals surface area contributed by atoms with Gasteiger partial charge in [-0.05, 0) is 102 Å². The topological polar surface area (TPSA) is 52.6 Å². The fourth-order valence-corrected chi connectivity index (χ4v) is 7.20. The van der Waals surface area contributed by atoms with Crippen LogP contribution in [0, 0.1) is 0 Å². The van der Waals surface area contributed by atoms with E-state index in [1.54, 1.807) is 0 Å². The zero-order valence-corrected chi connectivity index (χ0v) is 25.9.